The Kier molecular flexibility index (Phi) is 4.61. The van der Waals surface area contributed by atoms with Gasteiger partial charge in [-0.05, 0) is 31.2 Å². The molecule has 1 amide bonds. The van der Waals surface area contributed by atoms with E-state index in [0.29, 0.717) is 28.1 Å². The second-order valence-corrected chi connectivity index (χ2v) is 4.94. The molecule has 0 saturated heterocycles. The molecule has 0 atom stereocenters. The number of nitro groups is 1. The van der Waals surface area contributed by atoms with Crippen LogP contribution in [0.3, 0.4) is 0 Å². The maximum Gasteiger partial charge on any atom is 0.272 e. The Bertz CT molecular complexity index is 769. The van der Waals surface area contributed by atoms with E-state index < -0.39 is 4.92 Å². The summed E-state index contributed by atoms with van der Waals surface area (Å²) in [6.45, 7) is 5.42. The number of nitrogens with two attached hydrogens (primary N) is 1. The summed E-state index contributed by atoms with van der Waals surface area (Å²) in [6.07, 6.45) is 0. The molecule has 0 aliphatic heterocycles. The van der Waals surface area contributed by atoms with Crippen LogP contribution >= 0.6 is 0 Å². The number of nitrogen functional groups attached to an aromatic ring is 1. The number of hydrogen-bond acceptors (Lipinski definition) is 5. The Balaban J connectivity index is 2.05. The molecule has 0 fully saturated rings. The third-order valence-electron chi connectivity index (χ3n) is 3.25. The van der Waals surface area contributed by atoms with Crippen molar-refractivity contribution in [2.75, 3.05) is 5.73 Å². The number of anilines is 1. The molecule has 118 valence electrons. The molecule has 0 radical (unpaired) electrons. The summed E-state index contributed by atoms with van der Waals surface area (Å²) in [5.41, 5.74) is 13.1. The average molecular weight is 312 g/mol. The van der Waals surface area contributed by atoms with Gasteiger partial charge >= 0.3 is 0 Å². The third kappa shape index (κ3) is 3.85. The van der Waals surface area contributed by atoms with Crippen molar-refractivity contribution in [3.8, 4) is 0 Å². The molecule has 2 aromatic carbocycles. The zero-order valence-corrected chi connectivity index (χ0v) is 12.5. The van der Waals surface area contributed by atoms with Gasteiger partial charge in [-0.25, -0.2) is 0 Å². The van der Waals surface area contributed by atoms with E-state index in [4.69, 9.17) is 5.73 Å². The van der Waals surface area contributed by atoms with Crippen LogP contribution in [0.1, 0.15) is 21.5 Å². The topological polar surface area (TPSA) is 110 Å². The molecular weight excluding hydrogens is 296 g/mol. The van der Waals surface area contributed by atoms with Crippen LogP contribution in [0.25, 0.3) is 5.70 Å². The fourth-order valence-electron chi connectivity index (χ4n) is 1.90. The minimum Gasteiger partial charge on any atom is -0.399 e. The molecule has 0 saturated carbocycles. The number of carbonyl (C=O) groups excluding carboxylic acids is 1. The SMILES string of the molecule is C=C(NNC(=O)c1ccc(N)cc1)c1ccc(C)c([N+](=O)[O-])c1. The molecule has 2 aromatic rings. The van der Waals surface area contributed by atoms with Gasteiger partial charge in [-0.2, -0.15) is 0 Å². The van der Waals surface area contributed by atoms with Crippen LogP contribution in [0.4, 0.5) is 11.4 Å². The zero-order valence-electron chi connectivity index (χ0n) is 12.5. The Morgan fingerprint density at radius 2 is 1.74 bits per heavy atom. The second-order valence-electron chi connectivity index (χ2n) is 4.94. The lowest BCUT2D eigenvalue weighted by Gasteiger charge is -2.12. The van der Waals surface area contributed by atoms with Gasteiger partial charge in [-0.3, -0.25) is 25.8 Å². The first kappa shape index (κ1) is 16.0. The van der Waals surface area contributed by atoms with Gasteiger partial charge in [-0.1, -0.05) is 18.7 Å². The van der Waals surface area contributed by atoms with Gasteiger partial charge in [0, 0.05) is 28.4 Å². The van der Waals surface area contributed by atoms with Crippen LogP contribution in [-0.4, -0.2) is 10.8 Å². The standard InChI is InChI=1S/C16H16N4O3/c1-10-3-4-13(9-15(10)20(22)23)11(2)18-19-16(21)12-5-7-14(17)8-6-12/h3-9,18H,2,17H2,1H3,(H,19,21). The maximum absolute atomic E-state index is 12.0. The van der Waals surface area contributed by atoms with Crippen molar-refractivity contribution in [2.45, 2.75) is 6.92 Å². The van der Waals surface area contributed by atoms with Gasteiger partial charge in [0.05, 0.1) is 10.6 Å². The summed E-state index contributed by atoms with van der Waals surface area (Å²) in [5, 5.41) is 11.0. The van der Waals surface area contributed by atoms with E-state index in [1.165, 1.54) is 6.07 Å². The molecule has 0 heterocycles. The van der Waals surface area contributed by atoms with Gasteiger partial charge < -0.3 is 5.73 Å². The summed E-state index contributed by atoms with van der Waals surface area (Å²) < 4.78 is 0. The molecule has 7 nitrogen and oxygen atoms in total. The van der Waals surface area contributed by atoms with Crippen molar-refractivity contribution in [3.05, 3.63) is 75.8 Å². The molecule has 0 bridgehead atoms. The van der Waals surface area contributed by atoms with Crippen molar-refractivity contribution < 1.29 is 9.72 Å². The molecule has 0 unspecified atom stereocenters. The lowest BCUT2D eigenvalue weighted by atomic mass is 10.1. The highest BCUT2D eigenvalue weighted by Crippen LogP contribution is 2.21. The number of nitro benzene ring substituents is 1. The Hall–Kier alpha value is -3.35. The number of nitrogens with zero attached hydrogens (tertiary/aromatic N) is 1. The van der Waals surface area contributed by atoms with Crippen LogP contribution in [-0.2, 0) is 0 Å². The summed E-state index contributed by atoms with van der Waals surface area (Å²) in [5.74, 6) is -0.368. The van der Waals surface area contributed by atoms with Crippen molar-refractivity contribution in [2.24, 2.45) is 0 Å². The van der Waals surface area contributed by atoms with Crippen molar-refractivity contribution in [1.82, 2.24) is 10.9 Å². The van der Waals surface area contributed by atoms with E-state index in [9.17, 15) is 14.9 Å². The predicted molar refractivity (Wildman–Crippen MR) is 88.3 cm³/mol. The summed E-state index contributed by atoms with van der Waals surface area (Å²) in [6, 6.07) is 11.1. The van der Waals surface area contributed by atoms with Crippen molar-refractivity contribution in [3.63, 3.8) is 0 Å². The van der Waals surface area contributed by atoms with E-state index in [0.717, 1.165) is 0 Å². The largest absolute Gasteiger partial charge is 0.399 e. The normalized spacial score (nSPS) is 9.96. The predicted octanol–water partition coefficient (Wildman–Crippen LogP) is 2.39. The quantitative estimate of drug-likeness (QED) is 0.446. The minimum atomic E-state index is -0.459. The van der Waals surface area contributed by atoms with E-state index >= 15 is 0 Å². The van der Waals surface area contributed by atoms with Gasteiger partial charge in [0.2, 0.25) is 0 Å². The molecule has 4 N–H and O–H groups in total. The third-order valence-corrected chi connectivity index (χ3v) is 3.25. The molecule has 23 heavy (non-hydrogen) atoms. The van der Waals surface area contributed by atoms with Crippen molar-refractivity contribution >= 4 is 23.0 Å². The number of aryl methyl sites for hydroxylation is 1. The first-order chi connectivity index (χ1) is 10.9. The minimum absolute atomic E-state index is 0.00434. The highest BCUT2D eigenvalue weighted by Gasteiger charge is 2.13. The highest BCUT2D eigenvalue weighted by atomic mass is 16.6. The summed E-state index contributed by atoms with van der Waals surface area (Å²) in [4.78, 5) is 22.4. The molecular formula is C16H16N4O3. The monoisotopic (exact) mass is 312 g/mol. The lowest BCUT2D eigenvalue weighted by Crippen LogP contribution is -2.35. The molecule has 0 aliphatic rings. The van der Waals surface area contributed by atoms with E-state index in [1.54, 1.807) is 43.3 Å². The number of nitrogens with one attached hydrogen (secondary N) is 2. The fraction of sp³-hybridized carbons (Fsp3) is 0.0625. The lowest BCUT2D eigenvalue weighted by molar-refractivity contribution is -0.385. The smallest absolute Gasteiger partial charge is 0.272 e. The van der Waals surface area contributed by atoms with Crippen molar-refractivity contribution in [1.29, 1.82) is 0 Å². The van der Waals surface area contributed by atoms with Crippen LogP contribution < -0.4 is 16.6 Å². The number of hydrazine groups is 1. The number of hydrogen-bond donors (Lipinski definition) is 3. The number of rotatable bonds is 5. The Morgan fingerprint density at radius 1 is 1.13 bits per heavy atom. The Labute approximate surface area is 132 Å². The second kappa shape index (κ2) is 6.61. The van der Waals surface area contributed by atoms with Crippen LogP contribution in [0, 0.1) is 17.0 Å². The molecule has 2 rings (SSSR count). The van der Waals surface area contributed by atoms with E-state index in [1.807, 2.05) is 0 Å². The molecule has 0 spiro atoms. The summed E-state index contributed by atoms with van der Waals surface area (Å²) >= 11 is 0. The number of amides is 1. The van der Waals surface area contributed by atoms with Crippen LogP contribution in [0.5, 0.6) is 0 Å². The average Bonchev–Trinajstić information content (AvgIpc) is 2.53. The molecule has 0 aliphatic carbocycles. The first-order valence-electron chi connectivity index (χ1n) is 6.74. The zero-order chi connectivity index (χ0) is 17.0. The Morgan fingerprint density at radius 3 is 2.35 bits per heavy atom. The highest BCUT2D eigenvalue weighted by molar-refractivity contribution is 5.94. The van der Waals surface area contributed by atoms with Gasteiger partial charge in [0.1, 0.15) is 0 Å². The van der Waals surface area contributed by atoms with Crippen LogP contribution in [0.2, 0.25) is 0 Å². The van der Waals surface area contributed by atoms with Gasteiger partial charge in [-0.15, -0.1) is 0 Å². The van der Waals surface area contributed by atoms with Gasteiger partial charge in [0.15, 0.2) is 0 Å². The molecule has 7 heteroatoms. The van der Waals surface area contributed by atoms with E-state index in [2.05, 4.69) is 17.4 Å². The van der Waals surface area contributed by atoms with Crippen LogP contribution in [0.15, 0.2) is 49.0 Å². The fourth-order valence-corrected chi connectivity index (χ4v) is 1.90. The van der Waals surface area contributed by atoms with E-state index in [-0.39, 0.29) is 11.6 Å². The number of benzene rings is 2. The number of carbonyl (C=O) groups is 1. The maximum atomic E-state index is 12.0. The first-order valence-corrected chi connectivity index (χ1v) is 6.74. The summed E-state index contributed by atoms with van der Waals surface area (Å²) in [7, 11) is 0. The molecule has 0 aromatic heterocycles. The van der Waals surface area contributed by atoms with Gasteiger partial charge in [0.25, 0.3) is 11.6 Å².